The minimum absolute atomic E-state index is 0.0254. The van der Waals surface area contributed by atoms with Crippen molar-refractivity contribution >= 4 is 23.1 Å². The molecule has 0 unspecified atom stereocenters. The highest BCUT2D eigenvalue weighted by molar-refractivity contribution is 7.80. The SMILES string of the molecule is CC(C)CCNC(=O)COc1cccc(F)c1C(N)=S. The molecule has 4 nitrogen and oxygen atoms in total. The van der Waals surface area contributed by atoms with Gasteiger partial charge in [-0.15, -0.1) is 0 Å². The van der Waals surface area contributed by atoms with Crippen LogP contribution in [0.5, 0.6) is 5.75 Å². The zero-order valence-electron chi connectivity index (χ0n) is 11.6. The Labute approximate surface area is 123 Å². The van der Waals surface area contributed by atoms with Gasteiger partial charge in [0.05, 0.1) is 5.56 Å². The number of nitrogens with one attached hydrogen (secondary N) is 1. The van der Waals surface area contributed by atoms with Crippen LogP contribution >= 0.6 is 12.2 Å². The van der Waals surface area contributed by atoms with Gasteiger partial charge in [0.2, 0.25) is 0 Å². The fourth-order valence-corrected chi connectivity index (χ4v) is 1.76. The molecule has 110 valence electrons. The monoisotopic (exact) mass is 298 g/mol. The van der Waals surface area contributed by atoms with E-state index in [0.29, 0.717) is 12.5 Å². The fraction of sp³-hybridized carbons (Fsp3) is 0.429. The summed E-state index contributed by atoms with van der Waals surface area (Å²) in [7, 11) is 0. The Morgan fingerprint density at radius 2 is 2.20 bits per heavy atom. The van der Waals surface area contributed by atoms with Gasteiger partial charge in [-0.1, -0.05) is 32.1 Å². The maximum Gasteiger partial charge on any atom is 0.257 e. The molecule has 0 spiro atoms. The minimum Gasteiger partial charge on any atom is -0.483 e. The first-order valence-corrected chi connectivity index (χ1v) is 6.80. The van der Waals surface area contributed by atoms with E-state index in [1.54, 1.807) is 0 Å². The summed E-state index contributed by atoms with van der Waals surface area (Å²) >= 11 is 4.77. The number of ether oxygens (including phenoxy) is 1. The molecule has 0 saturated carbocycles. The number of rotatable bonds is 7. The van der Waals surface area contributed by atoms with Gasteiger partial charge in [-0.25, -0.2) is 4.39 Å². The first-order chi connectivity index (χ1) is 9.41. The second kappa shape index (κ2) is 7.79. The Balaban J connectivity index is 2.55. The van der Waals surface area contributed by atoms with E-state index < -0.39 is 5.82 Å². The zero-order valence-corrected chi connectivity index (χ0v) is 12.4. The third kappa shape index (κ3) is 5.13. The molecule has 0 fully saturated rings. The van der Waals surface area contributed by atoms with Crippen molar-refractivity contribution in [1.82, 2.24) is 5.32 Å². The average Bonchev–Trinajstić information content (AvgIpc) is 2.35. The molecule has 0 radical (unpaired) electrons. The molecule has 1 aromatic carbocycles. The Morgan fingerprint density at radius 1 is 1.50 bits per heavy atom. The molecular formula is C14H19FN2O2S. The topological polar surface area (TPSA) is 64.3 Å². The highest BCUT2D eigenvalue weighted by Gasteiger charge is 2.13. The molecule has 20 heavy (non-hydrogen) atoms. The van der Waals surface area contributed by atoms with Crippen LogP contribution in [0.25, 0.3) is 0 Å². The Hall–Kier alpha value is -1.69. The number of thiocarbonyl (C=S) groups is 1. The van der Waals surface area contributed by atoms with Crippen molar-refractivity contribution < 1.29 is 13.9 Å². The van der Waals surface area contributed by atoms with E-state index >= 15 is 0 Å². The number of amides is 1. The molecule has 0 aliphatic carbocycles. The Morgan fingerprint density at radius 3 is 2.80 bits per heavy atom. The van der Waals surface area contributed by atoms with E-state index in [0.717, 1.165) is 6.42 Å². The Bertz CT molecular complexity index is 492. The van der Waals surface area contributed by atoms with E-state index in [-0.39, 0.29) is 28.8 Å². The van der Waals surface area contributed by atoms with Crippen LogP contribution in [0.2, 0.25) is 0 Å². The van der Waals surface area contributed by atoms with Crippen molar-refractivity contribution in [2.45, 2.75) is 20.3 Å². The first kappa shape index (κ1) is 16.4. The molecule has 0 saturated heterocycles. The van der Waals surface area contributed by atoms with Gasteiger partial charge in [0, 0.05) is 6.54 Å². The molecular weight excluding hydrogens is 279 g/mol. The summed E-state index contributed by atoms with van der Waals surface area (Å²) in [5.74, 6) is -0.129. The lowest BCUT2D eigenvalue weighted by molar-refractivity contribution is -0.123. The van der Waals surface area contributed by atoms with Gasteiger partial charge >= 0.3 is 0 Å². The molecule has 6 heteroatoms. The number of nitrogens with two attached hydrogens (primary N) is 1. The number of carbonyl (C=O) groups excluding carboxylic acids is 1. The molecule has 1 rings (SSSR count). The number of carbonyl (C=O) groups is 1. The second-order valence-corrected chi connectivity index (χ2v) is 5.24. The van der Waals surface area contributed by atoms with Gasteiger partial charge in [0.1, 0.15) is 16.6 Å². The predicted octanol–water partition coefficient (Wildman–Crippen LogP) is 2.00. The van der Waals surface area contributed by atoms with E-state index in [1.807, 2.05) is 0 Å². The normalized spacial score (nSPS) is 10.4. The van der Waals surface area contributed by atoms with E-state index in [4.69, 9.17) is 22.7 Å². The standard InChI is InChI=1S/C14H19FN2O2S/c1-9(2)6-7-17-12(18)8-19-11-5-3-4-10(15)13(11)14(16)20/h3-5,9H,6-8H2,1-2H3,(H2,16,20)(H,17,18). The van der Waals surface area contributed by atoms with Gasteiger partial charge in [-0.3, -0.25) is 4.79 Å². The largest absolute Gasteiger partial charge is 0.483 e. The van der Waals surface area contributed by atoms with Crippen molar-refractivity contribution in [3.8, 4) is 5.75 Å². The first-order valence-electron chi connectivity index (χ1n) is 6.39. The minimum atomic E-state index is -0.560. The Kier molecular flexibility index (Phi) is 6.38. The van der Waals surface area contributed by atoms with Gasteiger partial charge in [-0.2, -0.15) is 0 Å². The molecule has 0 aromatic heterocycles. The van der Waals surface area contributed by atoms with Crippen molar-refractivity contribution in [2.24, 2.45) is 11.7 Å². The molecule has 0 aliphatic rings. The fourth-order valence-electron chi connectivity index (χ4n) is 1.56. The van der Waals surface area contributed by atoms with Crippen LogP contribution in [0.3, 0.4) is 0 Å². The third-order valence-electron chi connectivity index (χ3n) is 2.62. The smallest absolute Gasteiger partial charge is 0.257 e. The number of benzene rings is 1. The third-order valence-corrected chi connectivity index (χ3v) is 2.83. The van der Waals surface area contributed by atoms with Crippen molar-refractivity contribution in [3.63, 3.8) is 0 Å². The lowest BCUT2D eigenvalue weighted by Crippen LogP contribution is -2.30. The second-order valence-electron chi connectivity index (χ2n) is 4.80. The summed E-state index contributed by atoms with van der Waals surface area (Å²) in [5, 5.41) is 2.73. The molecule has 1 aromatic rings. The van der Waals surface area contributed by atoms with Crippen LogP contribution < -0.4 is 15.8 Å². The number of hydrogen-bond acceptors (Lipinski definition) is 3. The lowest BCUT2D eigenvalue weighted by Gasteiger charge is -2.12. The highest BCUT2D eigenvalue weighted by atomic mass is 32.1. The van der Waals surface area contributed by atoms with Crippen LogP contribution in [-0.2, 0) is 4.79 Å². The summed E-state index contributed by atoms with van der Waals surface area (Å²) in [6.07, 6.45) is 0.893. The van der Waals surface area contributed by atoms with Crippen molar-refractivity contribution in [3.05, 3.63) is 29.6 Å². The van der Waals surface area contributed by atoms with Crippen LogP contribution in [0.1, 0.15) is 25.8 Å². The van der Waals surface area contributed by atoms with Crippen LogP contribution in [-0.4, -0.2) is 24.0 Å². The van der Waals surface area contributed by atoms with Crippen LogP contribution in [0.4, 0.5) is 4.39 Å². The predicted molar refractivity (Wildman–Crippen MR) is 80.2 cm³/mol. The molecule has 0 atom stereocenters. The highest BCUT2D eigenvalue weighted by Crippen LogP contribution is 2.21. The summed E-state index contributed by atoms with van der Waals surface area (Å²) in [4.78, 5) is 11.5. The number of hydrogen-bond donors (Lipinski definition) is 2. The quantitative estimate of drug-likeness (QED) is 0.756. The van der Waals surface area contributed by atoms with E-state index in [1.165, 1.54) is 18.2 Å². The summed E-state index contributed by atoms with van der Waals surface area (Å²) in [6, 6.07) is 4.24. The van der Waals surface area contributed by atoms with Crippen LogP contribution in [0, 0.1) is 11.7 Å². The van der Waals surface area contributed by atoms with Crippen LogP contribution in [0.15, 0.2) is 18.2 Å². The summed E-state index contributed by atoms with van der Waals surface area (Å²) < 4.78 is 18.8. The molecule has 0 heterocycles. The van der Waals surface area contributed by atoms with Gasteiger partial charge in [0.15, 0.2) is 6.61 Å². The van der Waals surface area contributed by atoms with E-state index in [2.05, 4.69) is 19.2 Å². The van der Waals surface area contributed by atoms with Crippen molar-refractivity contribution in [1.29, 1.82) is 0 Å². The average molecular weight is 298 g/mol. The summed E-state index contributed by atoms with van der Waals surface area (Å²) in [6.45, 7) is 4.54. The van der Waals surface area contributed by atoms with Crippen molar-refractivity contribution in [2.75, 3.05) is 13.2 Å². The van der Waals surface area contributed by atoms with E-state index in [9.17, 15) is 9.18 Å². The zero-order chi connectivity index (χ0) is 15.1. The molecule has 0 aliphatic heterocycles. The maximum absolute atomic E-state index is 13.6. The molecule has 0 bridgehead atoms. The summed E-state index contributed by atoms with van der Waals surface area (Å²) in [5.41, 5.74) is 5.47. The van der Waals surface area contributed by atoms with Gasteiger partial charge in [0.25, 0.3) is 5.91 Å². The molecule has 3 N–H and O–H groups in total. The van der Waals surface area contributed by atoms with Gasteiger partial charge in [-0.05, 0) is 24.5 Å². The number of halogens is 1. The lowest BCUT2D eigenvalue weighted by atomic mass is 10.1. The van der Waals surface area contributed by atoms with Gasteiger partial charge < -0.3 is 15.8 Å². The maximum atomic E-state index is 13.6. The molecule has 1 amide bonds.